The zero-order valence-corrected chi connectivity index (χ0v) is 12.9. The number of aromatic nitrogens is 1. The average Bonchev–Trinajstić information content (AvgIpc) is 2.84. The lowest BCUT2D eigenvalue weighted by molar-refractivity contribution is -0.148. The molecule has 0 bridgehead atoms. The molecule has 5 nitrogen and oxygen atoms in total. The minimum Gasteiger partial charge on any atom is -0.479 e. The summed E-state index contributed by atoms with van der Waals surface area (Å²) in [6, 6.07) is 3.34. The summed E-state index contributed by atoms with van der Waals surface area (Å²) in [6.45, 7) is 2.41. The fourth-order valence-corrected chi connectivity index (χ4v) is 3.29. The van der Waals surface area contributed by atoms with Crippen molar-refractivity contribution in [2.45, 2.75) is 38.1 Å². The van der Waals surface area contributed by atoms with Crippen LogP contribution in [0.2, 0.25) is 0 Å². The fraction of sp³-hybridized carbons (Fsp3) is 0.500. The molecule has 1 atom stereocenters. The molecule has 108 valence electrons. The largest absolute Gasteiger partial charge is 0.479 e. The number of likely N-dealkylation sites (tertiary alicyclic amines) is 1. The van der Waals surface area contributed by atoms with Crippen LogP contribution in [0, 0.1) is 0 Å². The highest BCUT2D eigenvalue weighted by molar-refractivity contribution is 9.10. The molecule has 0 spiro atoms. The molecule has 1 fully saturated rings. The first-order chi connectivity index (χ1) is 9.53. The summed E-state index contributed by atoms with van der Waals surface area (Å²) in [5.41, 5.74) is -0.655. The van der Waals surface area contributed by atoms with Gasteiger partial charge in [0.25, 0.3) is 5.91 Å². The Morgan fingerprint density at radius 2 is 2.30 bits per heavy atom. The molecule has 1 saturated heterocycles. The summed E-state index contributed by atoms with van der Waals surface area (Å²) in [5, 5.41) is 9.61. The Balaban J connectivity index is 2.38. The van der Waals surface area contributed by atoms with E-state index in [2.05, 4.69) is 20.9 Å². The van der Waals surface area contributed by atoms with Crippen molar-refractivity contribution < 1.29 is 14.7 Å². The lowest BCUT2D eigenvalue weighted by atomic mass is 9.90. The van der Waals surface area contributed by atoms with Gasteiger partial charge in [-0.15, -0.1) is 0 Å². The van der Waals surface area contributed by atoms with E-state index < -0.39 is 11.5 Å². The molecule has 1 aromatic heterocycles. The zero-order valence-electron chi connectivity index (χ0n) is 11.3. The first-order valence-corrected chi connectivity index (χ1v) is 7.48. The van der Waals surface area contributed by atoms with Crippen molar-refractivity contribution in [3.63, 3.8) is 0 Å². The molecule has 20 heavy (non-hydrogen) atoms. The quantitative estimate of drug-likeness (QED) is 0.855. The number of carboxylic acids is 1. The predicted octanol–water partition coefficient (Wildman–Crippen LogP) is 2.70. The Morgan fingerprint density at radius 3 is 2.90 bits per heavy atom. The molecule has 6 heteroatoms. The Hall–Kier alpha value is -1.43. The molecule has 1 aliphatic heterocycles. The molecule has 0 aromatic carbocycles. The number of carbonyl (C=O) groups excluding carboxylic acids is 1. The molecule has 1 aliphatic rings. The molecule has 0 aliphatic carbocycles. The molecule has 2 rings (SSSR count). The third-order valence-electron chi connectivity index (χ3n) is 3.79. The number of rotatable bonds is 4. The zero-order chi connectivity index (χ0) is 14.8. The average molecular weight is 341 g/mol. The summed E-state index contributed by atoms with van der Waals surface area (Å²) < 4.78 is 0.452. The van der Waals surface area contributed by atoms with Crippen LogP contribution in [0.3, 0.4) is 0 Å². The van der Waals surface area contributed by atoms with Crippen LogP contribution >= 0.6 is 15.9 Å². The minimum absolute atomic E-state index is 0.265. The number of carboxylic acid groups (broad SMARTS) is 1. The maximum atomic E-state index is 12.7. The SMILES string of the molecule is CCCC1(C(=O)O)CCCN1C(=O)c1cccnc1Br. The molecule has 1 unspecified atom stereocenters. The highest BCUT2D eigenvalue weighted by Crippen LogP contribution is 2.35. The molecule has 0 saturated carbocycles. The molecular weight excluding hydrogens is 324 g/mol. The van der Waals surface area contributed by atoms with Crippen molar-refractivity contribution in [1.29, 1.82) is 0 Å². The molecule has 1 amide bonds. The lowest BCUT2D eigenvalue weighted by Crippen LogP contribution is -2.53. The number of hydrogen-bond donors (Lipinski definition) is 1. The minimum atomic E-state index is -1.07. The number of aliphatic carboxylic acids is 1. The van der Waals surface area contributed by atoms with Gasteiger partial charge in [0.1, 0.15) is 10.1 Å². The first kappa shape index (κ1) is 15.0. The highest BCUT2D eigenvalue weighted by atomic mass is 79.9. The second-order valence-corrected chi connectivity index (χ2v) is 5.74. The van der Waals surface area contributed by atoms with Gasteiger partial charge in [-0.25, -0.2) is 9.78 Å². The van der Waals surface area contributed by atoms with Crippen molar-refractivity contribution in [3.8, 4) is 0 Å². The number of amides is 1. The van der Waals surface area contributed by atoms with Gasteiger partial charge in [0, 0.05) is 12.7 Å². The summed E-state index contributed by atoms with van der Waals surface area (Å²) in [7, 11) is 0. The molecule has 1 aromatic rings. The standard InChI is InChI=1S/C14H17BrN2O3/c1-2-6-14(13(19)20)7-4-9-17(14)12(18)10-5-3-8-16-11(10)15/h3,5,8H,2,4,6-7,9H2,1H3,(H,19,20). The van der Waals surface area contributed by atoms with Crippen LogP contribution in [0.1, 0.15) is 43.0 Å². The topological polar surface area (TPSA) is 70.5 Å². The van der Waals surface area contributed by atoms with Crippen LogP contribution in [0.15, 0.2) is 22.9 Å². The summed E-state index contributed by atoms with van der Waals surface area (Å²) in [4.78, 5) is 29.9. The Morgan fingerprint density at radius 1 is 1.55 bits per heavy atom. The number of carbonyl (C=O) groups is 2. The van der Waals surface area contributed by atoms with Crippen LogP contribution < -0.4 is 0 Å². The van der Waals surface area contributed by atoms with E-state index in [1.54, 1.807) is 18.3 Å². The van der Waals surface area contributed by atoms with Crippen LogP contribution in [-0.4, -0.2) is 39.0 Å². The van der Waals surface area contributed by atoms with Crippen LogP contribution in [-0.2, 0) is 4.79 Å². The summed E-state index contributed by atoms with van der Waals surface area (Å²) >= 11 is 3.25. The van der Waals surface area contributed by atoms with Gasteiger partial charge < -0.3 is 10.0 Å². The van der Waals surface area contributed by atoms with Gasteiger partial charge in [-0.2, -0.15) is 0 Å². The second-order valence-electron chi connectivity index (χ2n) is 4.99. The Bertz CT molecular complexity index is 535. The van der Waals surface area contributed by atoms with Crippen LogP contribution in [0.4, 0.5) is 0 Å². The van der Waals surface area contributed by atoms with Gasteiger partial charge in [-0.3, -0.25) is 4.79 Å². The Labute approximate surface area is 126 Å². The van der Waals surface area contributed by atoms with Gasteiger partial charge in [0.15, 0.2) is 0 Å². The van der Waals surface area contributed by atoms with E-state index in [9.17, 15) is 14.7 Å². The molecule has 1 N–H and O–H groups in total. The first-order valence-electron chi connectivity index (χ1n) is 6.69. The second kappa shape index (κ2) is 5.91. The van der Waals surface area contributed by atoms with Crippen molar-refractivity contribution in [2.75, 3.05) is 6.54 Å². The normalized spacial score (nSPS) is 22.0. The summed E-state index contributed by atoms with van der Waals surface area (Å²) in [6.07, 6.45) is 4.02. The van der Waals surface area contributed by atoms with Crippen LogP contribution in [0.25, 0.3) is 0 Å². The fourth-order valence-electron chi connectivity index (χ4n) is 2.87. The predicted molar refractivity (Wildman–Crippen MR) is 77.5 cm³/mol. The monoisotopic (exact) mass is 340 g/mol. The van der Waals surface area contributed by atoms with Gasteiger partial charge in [-0.1, -0.05) is 13.3 Å². The highest BCUT2D eigenvalue weighted by Gasteiger charge is 2.49. The molecule has 2 heterocycles. The lowest BCUT2D eigenvalue weighted by Gasteiger charge is -2.34. The maximum absolute atomic E-state index is 12.7. The van der Waals surface area contributed by atoms with Crippen LogP contribution in [0.5, 0.6) is 0 Å². The van der Waals surface area contributed by atoms with E-state index in [-0.39, 0.29) is 5.91 Å². The van der Waals surface area contributed by atoms with Crippen molar-refractivity contribution in [3.05, 3.63) is 28.5 Å². The van der Waals surface area contributed by atoms with Gasteiger partial charge in [0.2, 0.25) is 0 Å². The smallest absolute Gasteiger partial charge is 0.329 e. The van der Waals surface area contributed by atoms with Gasteiger partial charge in [0.05, 0.1) is 5.56 Å². The third-order valence-corrected chi connectivity index (χ3v) is 4.42. The van der Waals surface area contributed by atoms with Crippen molar-refractivity contribution in [2.24, 2.45) is 0 Å². The van der Waals surface area contributed by atoms with E-state index >= 15 is 0 Å². The van der Waals surface area contributed by atoms with E-state index in [0.29, 0.717) is 29.6 Å². The number of halogens is 1. The number of pyridine rings is 1. The van der Waals surface area contributed by atoms with E-state index in [1.165, 1.54) is 4.90 Å². The van der Waals surface area contributed by atoms with E-state index in [0.717, 1.165) is 12.8 Å². The van der Waals surface area contributed by atoms with E-state index in [4.69, 9.17) is 0 Å². The molecule has 0 radical (unpaired) electrons. The number of nitrogens with zero attached hydrogens (tertiary/aromatic N) is 2. The van der Waals surface area contributed by atoms with Crippen molar-refractivity contribution >= 4 is 27.8 Å². The van der Waals surface area contributed by atoms with Gasteiger partial charge in [-0.05, 0) is 47.3 Å². The third kappa shape index (κ3) is 2.44. The molecular formula is C14H17BrN2O3. The number of hydrogen-bond acceptors (Lipinski definition) is 3. The summed E-state index contributed by atoms with van der Waals surface area (Å²) in [5.74, 6) is -1.18. The van der Waals surface area contributed by atoms with E-state index in [1.807, 2.05) is 6.92 Å². The van der Waals surface area contributed by atoms with Crippen molar-refractivity contribution in [1.82, 2.24) is 9.88 Å². The Kier molecular flexibility index (Phi) is 4.42. The maximum Gasteiger partial charge on any atom is 0.329 e. The van der Waals surface area contributed by atoms with Gasteiger partial charge >= 0.3 is 5.97 Å².